The predicted octanol–water partition coefficient (Wildman–Crippen LogP) is 5.18. The topological polar surface area (TPSA) is 12.0 Å². The van der Waals surface area contributed by atoms with Gasteiger partial charge < -0.3 is 5.32 Å². The molecule has 1 aromatic rings. The Morgan fingerprint density at radius 3 is 2.57 bits per heavy atom. The van der Waals surface area contributed by atoms with Gasteiger partial charge in [0.05, 0.1) is 0 Å². The van der Waals surface area contributed by atoms with Gasteiger partial charge in [0.25, 0.3) is 0 Å². The minimum atomic E-state index is 0.460. The lowest BCUT2D eigenvalue weighted by Gasteiger charge is -2.34. The molecule has 1 aliphatic heterocycles. The van der Waals surface area contributed by atoms with Crippen LogP contribution in [0.2, 0.25) is 0 Å². The van der Waals surface area contributed by atoms with Crippen LogP contribution in [0.15, 0.2) is 30.3 Å². The summed E-state index contributed by atoms with van der Waals surface area (Å²) in [6, 6.07) is 11.7. The number of hydrogen-bond acceptors (Lipinski definition) is 2. The highest BCUT2D eigenvalue weighted by molar-refractivity contribution is 8.00. The largest absolute Gasteiger partial charge is 0.308 e. The van der Waals surface area contributed by atoms with E-state index in [1.807, 2.05) is 0 Å². The minimum Gasteiger partial charge on any atom is -0.308 e. The van der Waals surface area contributed by atoms with E-state index >= 15 is 0 Å². The number of thioether (sulfide) groups is 1. The molecule has 2 heteroatoms. The molecule has 2 aliphatic rings. The zero-order valence-electron chi connectivity index (χ0n) is 13.3. The van der Waals surface area contributed by atoms with E-state index in [2.05, 4.69) is 54.3 Å². The quantitative estimate of drug-likeness (QED) is 0.804. The van der Waals surface area contributed by atoms with Crippen molar-refractivity contribution in [3.8, 4) is 0 Å². The Balaban J connectivity index is 1.69. The smallest absolute Gasteiger partial charge is 0.0349 e. The van der Waals surface area contributed by atoms with E-state index < -0.39 is 0 Å². The van der Waals surface area contributed by atoms with Crippen molar-refractivity contribution in [2.45, 2.75) is 62.7 Å². The third kappa shape index (κ3) is 4.04. The standard InChI is InChI=1S/C19H29NS/c1-19(13-8-14-21-19)15-20-18(16-9-4-2-5-10-16)17-11-6-3-7-12-17/h2,4-5,9-10,17-18,20H,3,6-8,11-15H2,1H3. The fraction of sp³-hybridized carbons (Fsp3) is 0.684. The van der Waals surface area contributed by atoms with Gasteiger partial charge in [-0.05, 0) is 49.8 Å². The summed E-state index contributed by atoms with van der Waals surface area (Å²) in [4.78, 5) is 0. The molecular formula is C19H29NS. The van der Waals surface area contributed by atoms with Gasteiger partial charge >= 0.3 is 0 Å². The molecule has 1 aromatic carbocycles. The van der Waals surface area contributed by atoms with Crippen LogP contribution in [-0.2, 0) is 0 Å². The lowest BCUT2D eigenvalue weighted by Crippen LogP contribution is -2.38. The Labute approximate surface area is 134 Å². The van der Waals surface area contributed by atoms with E-state index in [0.717, 1.165) is 12.5 Å². The second-order valence-electron chi connectivity index (χ2n) is 7.07. The fourth-order valence-corrected chi connectivity index (χ4v) is 5.24. The first-order chi connectivity index (χ1) is 10.3. The van der Waals surface area contributed by atoms with Crippen LogP contribution in [0.4, 0.5) is 0 Å². The molecule has 2 unspecified atom stereocenters. The molecule has 116 valence electrons. The SMILES string of the molecule is CC1(CNC(c2ccccc2)C2CCCCC2)CCCS1. The Hall–Kier alpha value is -0.470. The first-order valence-corrected chi connectivity index (χ1v) is 9.68. The van der Waals surface area contributed by atoms with Gasteiger partial charge in [-0.2, -0.15) is 11.8 Å². The van der Waals surface area contributed by atoms with Gasteiger partial charge in [0, 0.05) is 17.3 Å². The van der Waals surface area contributed by atoms with Crippen LogP contribution in [0.3, 0.4) is 0 Å². The van der Waals surface area contributed by atoms with Crippen molar-refractivity contribution in [3.05, 3.63) is 35.9 Å². The Morgan fingerprint density at radius 2 is 1.90 bits per heavy atom. The normalized spacial score (nSPS) is 28.6. The summed E-state index contributed by atoms with van der Waals surface area (Å²) >= 11 is 2.17. The molecule has 21 heavy (non-hydrogen) atoms. The van der Waals surface area contributed by atoms with Gasteiger partial charge in [0.15, 0.2) is 0 Å². The molecule has 3 rings (SSSR count). The van der Waals surface area contributed by atoms with Crippen molar-refractivity contribution in [3.63, 3.8) is 0 Å². The number of hydrogen-bond donors (Lipinski definition) is 1. The molecule has 1 saturated carbocycles. The maximum absolute atomic E-state index is 3.97. The third-order valence-corrected chi connectivity index (χ3v) is 6.81. The second-order valence-corrected chi connectivity index (χ2v) is 8.75. The summed E-state index contributed by atoms with van der Waals surface area (Å²) in [5.74, 6) is 2.17. The number of rotatable bonds is 5. The molecule has 0 radical (unpaired) electrons. The lowest BCUT2D eigenvalue weighted by molar-refractivity contribution is 0.266. The lowest BCUT2D eigenvalue weighted by atomic mass is 9.81. The zero-order chi connectivity index (χ0) is 14.5. The average Bonchev–Trinajstić information content (AvgIpc) is 2.97. The summed E-state index contributed by atoms with van der Waals surface area (Å²) in [7, 11) is 0. The van der Waals surface area contributed by atoms with E-state index in [1.54, 1.807) is 0 Å². The first-order valence-electron chi connectivity index (χ1n) is 8.69. The van der Waals surface area contributed by atoms with E-state index in [1.165, 1.54) is 56.3 Å². The van der Waals surface area contributed by atoms with Crippen molar-refractivity contribution < 1.29 is 0 Å². The Morgan fingerprint density at radius 1 is 1.14 bits per heavy atom. The molecule has 0 aromatic heterocycles. The molecule has 0 spiro atoms. The van der Waals surface area contributed by atoms with Gasteiger partial charge in [-0.3, -0.25) is 0 Å². The number of benzene rings is 1. The van der Waals surface area contributed by atoms with Crippen molar-refractivity contribution in [2.24, 2.45) is 5.92 Å². The van der Waals surface area contributed by atoms with Crippen LogP contribution in [0.25, 0.3) is 0 Å². The third-order valence-electron chi connectivity index (χ3n) is 5.28. The van der Waals surface area contributed by atoms with E-state index in [9.17, 15) is 0 Å². The van der Waals surface area contributed by atoms with E-state index in [-0.39, 0.29) is 0 Å². The molecule has 1 N–H and O–H groups in total. The average molecular weight is 304 g/mol. The van der Waals surface area contributed by atoms with Crippen molar-refractivity contribution in [2.75, 3.05) is 12.3 Å². The van der Waals surface area contributed by atoms with Crippen LogP contribution < -0.4 is 5.32 Å². The highest BCUT2D eigenvalue weighted by Crippen LogP contribution is 2.39. The highest BCUT2D eigenvalue weighted by Gasteiger charge is 2.32. The van der Waals surface area contributed by atoms with Crippen LogP contribution in [-0.4, -0.2) is 17.0 Å². The van der Waals surface area contributed by atoms with Gasteiger partial charge in [0.2, 0.25) is 0 Å². The summed E-state index contributed by atoms with van der Waals surface area (Å²) in [6.07, 6.45) is 9.83. The fourth-order valence-electron chi connectivity index (χ4n) is 3.99. The van der Waals surface area contributed by atoms with Crippen LogP contribution >= 0.6 is 11.8 Å². The summed E-state index contributed by atoms with van der Waals surface area (Å²) in [5, 5.41) is 3.97. The number of nitrogens with one attached hydrogen (secondary N) is 1. The van der Waals surface area contributed by atoms with Gasteiger partial charge in [-0.25, -0.2) is 0 Å². The molecule has 1 nitrogen and oxygen atoms in total. The molecule has 1 saturated heterocycles. The van der Waals surface area contributed by atoms with E-state index in [0.29, 0.717) is 10.8 Å². The highest BCUT2D eigenvalue weighted by atomic mass is 32.2. The Bertz CT molecular complexity index is 418. The molecular weight excluding hydrogens is 274 g/mol. The van der Waals surface area contributed by atoms with E-state index in [4.69, 9.17) is 0 Å². The molecule has 0 bridgehead atoms. The molecule has 1 aliphatic carbocycles. The summed E-state index contributed by atoms with van der Waals surface area (Å²) in [6.45, 7) is 3.61. The minimum absolute atomic E-state index is 0.460. The van der Waals surface area contributed by atoms with Crippen LogP contribution in [0.1, 0.15) is 63.5 Å². The molecule has 1 heterocycles. The first kappa shape index (κ1) is 15.4. The molecule has 0 amide bonds. The molecule has 2 fully saturated rings. The van der Waals surface area contributed by atoms with Crippen molar-refractivity contribution in [1.82, 2.24) is 5.32 Å². The van der Waals surface area contributed by atoms with Gasteiger partial charge in [-0.15, -0.1) is 0 Å². The van der Waals surface area contributed by atoms with Gasteiger partial charge in [0.1, 0.15) is 0 Å². The van der Waals surface area contributed by atoms with Crippen molar-refractivity contribution >= 4 is 11.8 Å². The van der Waals surface area contributed by atoms with Gasteiger partial charge in [-0.1, -0.05) is 49.6 Å². The predicted molar refractivity (Wildman–Crippen MR) is 93.9 cm³/mol. The monoisotopic (exact) mass is 303 g/mol. The van der Waals surface area contributed by atoms with Crippen molar-refractivity contribution in [1.29, 1.82) is 0 Å². The Kier molecular flexibility index (Phi) is 5.29. The van der Waals surface area contributed by atoms with Crippen LogP contribution in [0.5, 0.6) is 0 Å². The maximum Gasteiger partial charge on any atom is 0.0349 e. The second kappa shape index (κ2) is 7.19. The van der Waals surface area contributed by atoms with Crippen LogP contribution in [0, 0.1) is 5.92 Å². The summed E-state index contributed by atoms with van der Waals surface area (Å²) in [5.41, 5.74) is 1.50. The zero-order valence-corrected chi connectivity index (χ0v) is 14.1. The maximum atomic E-state index is 3.97. The molecule has 2 atom stereocenters. The summed E-state index contributed by atoms with van der Waals surface area (Å²) < 4.78 is 0.460.